The lowest BCUT2D eigenvalue weighted by Crippen LogP contribution is -1.92. The SMILES string of the molecule is O=CNc1csc(Cl)n1. The molecule has 0 atom stereocenters. The molecule has 0 unspecified atom stereocenters. The van der Waals surface area contributed by atoms with Gasteiger partial charge in [0.05, 0.1) is 0 Å². The number of aromatic nitrogens is 1. The largest absolute Gasteiger partial charge is 0.313 e. The maximum Gasteiger partial charge on any atom is 0.212 e. The molecule has 0 aromatic carbocycles. The molecule has 0 spiro atoms. The fraction of sp³-hybridized carbons (Fsp3) is 0. The number of carbonyl (C=O) groups excluding carboxylic acids is 1. The molecule has 0 radical (unpaired) electrons. The summed E-state index contributed by atoms with van der Waals surface area (Å²) in [5, 5.41) is 4.03. The van der Waals surface area contributed by atoms with E-state index in [4.69, 9.17) is 11.6 Å². The first kappa shape index (κ1) is 6.51. The van der Waals surface area contributed by atoms with Crippen LogP contribution in [-0.2, 0) is 4.79 Å². The van der Waals surface area contributed by atoms with E-state index in [9.17, 15) is 4.79 Å². The fourth-order valence-electron chi connectivity index (χ4n) is 0.379. The minimum absolute atomic E-state index is 0.430. The summed E-state index contributed by atoms with van der Waals surface area (Å²) in [7, 11) is 0. The van der Waals surface area contributed by atoms with E-state index in [0.29, 0.717) is 16.7 Å². The van der Waals surface area contributed by atoms with Crippen LogP contribution >= 0.6 is 22.9 Å². The average molecular weight is 163 g/mol. The van der Waals surface area contributed by atoms with E-state index < -0.39 is 0 Å². The minimum atomic E-state index is 0.430. The van der Waals surface area contributed by atoms with Crippen molar-refractivity contribution in [2.24, 2.45) is 0 Å². The van der Waals surface area contributed by atoms with Crippen molar-refractivity contribution in [1.29, 1.82) is 0 Å². The molecule has 3 nitrogen and oxygen atoms in total. The van der Waals surface area contributed by atoms with Crippen LogP contribution in [0.4, 0.5) is 5.82 Å². The topological polar surface area (TPSA) is 42.0 Å². The molecule has 48 valence electrons. The number of hydrogen-bond donors (Lipinski definition) is 1. The van der Waals surface area contributed by atoms with Crippen LogP contribution in [0.2, 0.25) is 4.47 Å². The molecule has 5 heteroatoms. The van der Waals surface area contributed by atoms with E-state index in [1.54, 1.807) is 5.38 Å². The number of carbonyl (C=O) groups is 1. The molecule has 1 heterocycles. The standard InChI is InChI=1S/C4H3ClN2OS/c5-4-7-3(1-9-4)6-2-8/h1-2H,(H,6,8). The highest BCUT2D eigenvalue weighted by Crippen LogP contribution is 2.17. The molecule has 1 aromatic rings. The Kier molecular flexibility index (Phi) is 2.02. The van der Waals surface area contributed by atoms with Crippen molar-refractivity contribution in [3.63, 3.8) is 0 Å². The summed E-state index contributed by atoms with van der Waals surface area (Å²) in [6.07, 6.45) is 0.561. The van der Waals surface area contributed by atoms with E-state index in [1.165, 1.54) is 11.3 Å². The van der Waals surface area contributed by atoms with Gasteiger partial charge in [0.1, 0.15) is 5.82 Å². The van der Waals surface area contributed by atoms with Crippen LogP contribution in [0.1, 0.15) is 0 Å². The number of anilines is 1. The molecule has 0 saturated heterocycles. The van der Waals surface area contributed by atoms with E-state index in [1.807, 2.05) is 0 Å². The first-order chi connectivity index (χ1) is 4.33. The maximum absolute atomic E-state index is 9.79. The summed E-state index contributed by atoms with van der Waals surface area (Å²) in [6, 6.07) is 0. The van der Waals surface area contributed by atoms with Gasteiger partial charge in [-0.25, -0.2) is 4.98 Å². The third-order valence-electron chi connectivity index (χ3n) is 0.683. The Labute approximate surface area is 60.7 Å². The lowest BCUT2D eigenvalue weighted by Gasteiger charge is -1.84. The zero-order valence-corrected chi connectivity index (χ0v) is 5.87. The molecular formula is C4H3ClN2OS. The second kappa shape index (κ2) is 2.80. The third kappa shape index (κ3) is 1.65. The summed E-state index contributed by atoms with van der Waals surface area (Å²) in [5.74, 6) is 0.500. The first-order valence-electron chi connectivity index (χ1n) is 2.14. The van der Waals surface area contributed by atoms with Gasteiger partial charge in [-0.05, 0) is 0 Å². The van der Waals surface area contributed by atoms with Crippen LogP contribution in [0.3, 0.4) is 0 Å². The highest BCUT2D eigenvalue weighted by atomic mass is 35.5. The molecule has 1 amide bonds. The van der Waals surface area contributed by atoms with Gasteiger partial charge in [-0.1, -0.05) is 11.6 Å². The van der Waals surface area contributed by atoms with Gasteiger partial charge in [0.15, 0.2) is 4.47 Å². The highest BCUT2D eigenvalue weighted by Gasteiger charge is 1.94. The third-order valence-corrected chi connectivity index (χ3v) is 1.66. The van der Waals surface area contributed by atoms with Gasteiger partial charge in [-0.2, -0.15) is 0 Å². The molecule has 0 bridgehead atoms. The Morgan fingerprint density at radius 2 is 2.67 bits per heavy atom. The van der Waals surface area contributed by atoms with Gasteiger partial charge in [0.2, 0.25) is 6.41 Å². The lowest BCUT2D eigenvalue weighted by molar-refractivity contribution is -0.105. The fourth-order valence-corrected chi connectivity index (χ4v) is 1.08. The van der Waals surface area contributed by atoms with Crippen LogP contribution in [0.5, 0.6) is 0 Å². The molecule has 9 heavy (non-hydrogen) atoms. The summed E-state index contributed by atoms with van der Waals surface area (Å²) < 4.78 is 0.430. The quantitative estimate of drug-likeness (QED) is 0.668. The number of thiazole rings is 1. The molecule has 1 N–H and O–H groups in total. The van der Waals surface area contributed by atoms with Crippen molar-refractivity contribution in [1.82, 2.24) is 4.98 Å². The minimum Gasteiger partial charge on any atom is -0.313 e. The smallest absolute Gasteiger partial charge is 0.212 e. The van der Waals surface area contributed by atoms with Gasteiger partial charge in [-0.15, -0.1) is 11.3 Å². The average Bonchev–Trinajstić information content (AvgIpc) is 2.17. The van der Waals surface area contributed by atoms with Crippen molar-refractivity contribution in [3.05, 3.63) is 9.85 Å². The Morgan fingerprint density at radius 1 is 1.89 bits per heavy atom. The second-order valence-electron chi connectivity index (χ2n) is 1.25. The van der Waals surface area contributed by atoms with Gasteiger partial charge in [0, 0.05) is 5.38 Å². The first-order valence-corrected chi connectivity index (χ1v) is 3.40. The van der Waals surface area contributed by atoms with Crippen molar-refractivity contribution < 1.29 is 4.79 Å². The van der Waals surface area contributed by atoms with E-state index >= 15 is 0 Å². The predicted molar refractivity (Wildman–Crippen MR) is 36.8 cm³/mol. The number of nitrogens with one attached hydrogen (secondary N) is 1. The van der Waals surface area contributed by atoms with E-state index in [0.717, 1.165) is 0 Å². The number of nitrogens with zero attached hydrogens (tertiary/aromatic N) is 1. The summed E-state index contributed by atoms with van der Waals surface area (Å²) >= 11 is 6.72. The van der Waals surface area contributed by atoms with Gasteiger partial charge in [0.25, 0.3) is 0 Å². The van der Waals surface area contributed by atoms with Crippen LogP contribution in [0.15, 0.2) is 5.38 Å². The number of halogens is 1. The normalized spacial score (nSPS) is 9.00. The molecule has 0 saturated carbocycles. The molecular weight excluding hydrogens is 160 g/mol. The van der Waals surface area contributed by atoms with Gasteiger partial charge >= 0.3 is 0 Å². The number of amides is 1. The molecule has 1 rings (SSSR count). The van der Waals surface area contributed by atoms with Crippen LogP contribution < -0.4 is 5.32 Å². The second-order valence-corrected chi connectivity index (χ2v) is 2.69. The monoisotopic (exact) mass is 162 g/mol. The molecule has 0 aliphatic carbocycles. The molecule has 1 aromatic heterocycles. The summed E-state index contributed by atoms with van der Waals surface area (Å²) in [6.45, 7) is 0. The van der Waals surface area contributed by atoms with Crippen molar-refractivity contribution in [3.8, 4) is 0 Å². The zero-order chi connectivity index (χ0) is 6.69. The number of hydrogen-bond acceptors (Lipinski definition) is 3. The molecule has 0 aliphatic heterocycles. The van der Waals surface area contributed by atoms with Gasteiger partial charge in [-0.3, -0.25) is 4.79 Å². The summed E-state index contributed by atoms with van der Waals surface area (Å²) in [5.41, 5.74) is 0. The molecule has 0 fully saturated rings. The van der Waals surface area contributed by atoms with Crippen molar-refractivity contribution in [2.75, 3.05) is 5.32 Å². The Hall–Kier alpha value is -0.610. The summed E-state index contributed by atoms with van der Waals surface area (Å²) in [4.78, 5) is 13.5. The Morgan fingerprint density at radius 3 is 3.11 bits per heavy atom. The van der Waals surface area contributed by atoms with E-state index in [-0.39, 0.29) is 0 Å². The Bertz CT molecular complexity index is 212. The van der Waals surface area contributed by atoms with Crippen LogP contribution in [0.25, 0.3) is 0 Å². The Balaban J connectivity index is 2.72. The lowest BCUT2D eigenvalue weighted by atomic mass is 10.8. The van der Waals surface area contributed by atoms with Crippen LogP contribution in [0, 0.1) is 0 Å². The van der Waals surface area contributed by atoms with Gasteiger partial charge < -0.3 is 5.32 Å². The number of rotatable bonds is 2. The van der Waals surface area contributed by atoms with Crippen LogP contribution in [-0.4, -0.2) is 11.4 Å². The maximum atomic E-state index is 9.79. The highest BCUT2D eigenvalue weighted by molar-refractivity contribution is 7.14. The van der Waals surface area contributed by atoms with E-state index in [2.05, 4.69) is 10.3 Å². The zero-order valence-electron chi connectivity index (χ0n) is 4.30. The molecule has 0 aliphatic rings. The van der Waals surface area contributed by atoms with Crippen molar-refractivity contribution in [2.45, 2.75) is 0 Å². The predicted octanol–water partition coefficient (Wildman–Crippen LogP) is 1.36. The van der Waals surface area contributed by atoms with Crippen molar-refractivity contribution >= 4 is 35.2 Å².